The van der Waals surface area contributed by atoms with Crippen LogP contribution in [0, 0.1) is 6.92 Å². The summed E-state index contributed by atoms with van der Waals surface area (Å²) in [5.41, 5.74) is 0. The lowest BCUT2D eigenvalue weighted by molar-refractivity contribution is 0.358. The van der Waals surface area contributed by atoms with Gasteiger partial charge >= 0.3 is 0 Å². The Balaban J connectivity index is 2.60. The Labute approximate surface area is 115 Å². The van der Waals surface area contributed by atoms with Crippen LogP contribution in [0.1, 0.15) is 17.9 Å². The van der Waals surface area contributed by atoms with Gasteiger partial charge in [-0.15, -0.1) is 0 Å². The number of hydrogen-bond acceptors (Lipinski definition) is 4. The molecule has 1 aromatic heterocycles. The lowest BCUT2D eigenvalue weighted by Gasteiger charge is -2.23. The number of furan rings is 1. The molecule has 1 aromatic rings. The maximum absolute atomic E-state index is 12.2. The summed E-state index contributed by atoms with van der Waals surface area (Å²) in [4.78, 5) is 0. The van der Waals surface area contributed by atoms with Crippen LogP contribution in [0.5, 0.6) is 0 Å². The standard InChI is InChI=1S/C12H23N3O3S/c1-11-6-7-12(18-11)10-15(4)19(16,17)14(3)9-5-8-13-2/h6-7,13H,5,8-10H2,1-4H3. The highest BCUT2D eigenvalue weighted by Gasteiger charge is 2.24. The van der Waals surface area contributed by atoms with Crippen molar-refractivity contribution in [3.8, 4) is 0 Å². The predicted octanol–water partition coefficient (Wildman–Crippen LogP) is 0.806. The first-order valence-electron chi connectivity index (χ1n) is 6.25. The summed E-state index contributed by atoms with van der Waals surface area (Å²) in [5.74, 6) is 1.43. The van der Waals surface area contributed by atoms with Gasteiger partial charge in [-0.05, 0) is 39.1 Å². The van der Waals surface area contributed by atoms with E-state index in [2.05, 4.69) is 5.32 Å². The van der Waals surface area contributed by atoms with Gasteiger partial charge in [0.2, 0.25) is 0 Å². The van der Waals surface area contributed by atoms with Crippen molar-refractivity contribution in [1.29, 1.82) is 0 Å². The van der Waals surface area contributed by atoms with Crippen LogP contribution in [0.15, 0.2) is 16.5 Å². The maximum atomic E-state index is 12.2. The number of nitrogens with zero attached hydrogens (tertiary/aromatic N) is 2. The van der Waals surface area contributed by atoms with E-state index in [0.29, 0.717) is 12.3 Å². The number of nitrogens with one attached hydrogen (secondary N) is 1. The highest BCUT2D eigenvalue weighted by atomic mass is 32.2. The maximum Gasteiger partial charge on any atom is 0.281 e. The molecule has 0 saturated carbocycles. The van der Waals surface area contributed by atoms with E-state index < -0.39 is 10.2 Å². The number of rotatable bonds is 8. The van der Waals surface area contributed by atoms with Crippen molar-refractivity contribution in [3.63, 3.8) is 0 Å². The molecule has 0 spiro atoms. The molecule has 0 aliphatic heterocycles. The van der Waals surface area contributed by atoms with Crippen molar-refractivity contribution in [2.75, 3.05) is 34.2 Å². The van der Waals surface area contributed by atoms with E-state index in [1.807, 2.05) is 20.0 Å². The third-order valence-corrected chi connectivity index (χ3v) is 4.75. The Morgan fingerprint density at radius 2 is 1.95 bits per heavy atom. The third kappa shape index (κ3) is 4.61. The van der Waals surface area contributed by atoms with Crippen LogP contribution in [0.4, 0.5) is 0 Å². The van der Waals surface area contributed by atoms with Gasteiger partial charge in [0.15, 0.2) is 0 Å². The Morgan fingerprint density at radius 1 is 1.26 bits per heavy atom. The second-order valence-electron chi connectivity index (χ2n) is 4.55. The molecule has 0 bridgehead atoms. The summed E-state index contributed by atoms with van der Waals surface area (Å²) in [6.45, 7) is 3.36. The van der Waals surface area contributed by atoms with Crippen molar-refractivity contribution in [1.82, 2.24) is 13.9 Å². The minimum Gasteiger partial charge on any atom is -0.465 e. The molecule has 0 saturated heterocycles. The van der Waals surface area contributed by atoms with E-state index in [9.17, 15) is 8.42 Å². The zero-order valence-corrected chi connectivity index (χ0v) is 12.8. The normalized spacial score (nSPS) is 12.5. The fraction of sp³-hybridized carbons (Fsp3) is 0.667. The molecule has 0 radical (unpaired) electrons. The zero-order valence-electron chi connectivity index (χ0n) is 12.0. The summed E-state index contributed by atoms with van der Waals surface area (Å²) < 4.78 is 32.5. The largest absolute Gasteiger partial charge is 0.465 e. The van der Waals surface area contributed by atoms with Gasteiger partial charge in [0.25, 0.3) is 10.2 Å². The van der Waals surface area contributed by atoms with Gasteiger partial charge in [-0.25, -0.2) is 0 Å². The fourth-order valence-corrected chi connectivity index (χ4v) is 2.83. The molecular weight excluding hydrogens is 266 g/mol. The van der Waals surface area contributed by atoms with Crippen molar-refractivity contribution < 1.29 is 12.8 Å². The summed E-state index contributed by atoms with van der Waals surface area (Å²) >= 11 is 0. The Hall–Kier alpha value is -0.890. The molecule has 0 fully saturated rings. The molecule has 0 amide bonds. The summed E-state index contributed by atoms with van der Waals surface area (Å²) in [5, 5.41) is 3.00. The topological polar surface area (TPSA) is 65.8 Å². The van der Waals surface area contributed by atoms with Crippen molar-refractivity contribution >= 4 is 10.2 Å². The van der Waals surface area contributed by atoms with Gasteiger partial charge < -0.3 is 9.73 Å². The molecule has 0 aliphatic rings. The molecule has 1 N–H and O–H groups in total. The van der Waals surface area contributed by atoms with Crippen LogP contribution in [0.25, 0.3) is 0 Å². The van der Waals surface area contributed by atoms with Crippen LogP contribution in [0.2, 0.25) is 0 Å². The minimum absolute atomic E-state index is 0.243. The Kier molecular flexibility index (Phi) is 5.99. The molecule has 1 heterocycles. The average Bonchev–Trinajstić information content (AvgIpc) is 2.74. The van der Waals surface area contributed by atoms with Gasteiger partial charge in [-0.2, -0.15) is 17.0 Å². The van der Waals surface area contributed by atoms with Crippen LogP contribution < -0.4 is 5.32 Å². The minimum atomic E-state index is -3.43. The van der Waals surface area contributed by atoms with Crippen LogP contribution in [-0.2, 0) is 16.8 Å². The van der Waals surface area contributed by atoms with E-state index in [1.165, 1.54) is 8.61 Å². The Morgan fingerprint density at radius 3 is 2.47 bits per heavy atom. The quantitative estimate of drug-likeness (QED) is 0.719. The van der Waals surface area contributed by atoms with E-state index in [1.54, 1.807) is 20.2 Å². The smallest absolute Gasteiger partial charge is 0.281 e. The van der Waals surface area contributed by atoms with Crippen molar-refractivity contribution in [2.45, 2.75) is 19.9 Å². The highest BCUT2D eigenvalue weighted by molar-refractivity contribution is 7.86. The number of hydrogen-bond donors (Lipinski definition) is 1. The highest BCUT2D eigenvalue weighted by Crippen LogP contribution is 2.13. The van der Waals surface area contributed by atoms with E-state index in [0.717, 1.165) is 18.7 Å². The number of aryl methyl sites for hydroxylation is 1. The van der Waals surface area contributed by atoms with Crippen molar-refractivity contribution in [3.05, 3.63) is 23.7 Å². The molecular formula is C12H23N3O3S. The summed E-state index contributed by atoms with van der Waals surface area (Å²) in [7, 11) is 1.57. The molecule has 6 nitrogen and oxygen atoms in total. The molecule has 110 valence electrons. The van der Waals surface area contributed by atoms with Gasteiger partial charge in [0.05, 0.1) is 6.54 Å². The van der Waals surface area contributed by atoms with Gasteiger partial charge in [0.1, 0.15) is 11.5 Å². The first-order chi connectivity index (χ1) is 8.87. The second kappa shape index (κ2) is 7.04. The zero-order chi connectivity index (χ0) is 14.5. The van der Waals surface area contributed by atoms with E-state index in [-0.39, 0.29) is 6.54 Å². The third-order valence-electron chi connectivity index (χ3n) is 2.86. The van der Waals surface area contributed by atoms with Crippen LogP contribution in [-0.4, -0.2) is 51.3 Å². The molecule has 0 unspecified atom stereocenters. The van der Waals surface area contributed by atoms with Gasteiger partial charge in [0, 0.05) is 20.6 Å². The predicted molar refractivity (Wildman–Crippen MR) is 75.0 cm³/mol. The van der Waals surface area contributed by atoms with Crippen molar-refractivity contribution in [2.24, 2.45) is 0 Å². The molecule has 0 aliphatic carbocycles. The summed E-state index contributed by atoms with van der Waals surface area (Å²) in [6, 6.07) is 3.62. The SMILES string of the molecule is CNCCCN(C)S(=O)(=O)N(C)Cc1ccc(C)o1. The van der Waals surface area contributed by atoms with Crippen LogP contribution >= 0.6 is 0 Å². The van der Waals surface area contributed by atoms with Crippen LogP contribution in [0.3, 0.4) is 0 Å². The molecule has 7 heteroatoms. The average molecular weight is 289 g/mol. The lowest BCUT2D eigenvalue weighted by atomic mass is 10.4. The van der Waals surface area contributed by atoms with Gasteiger partial charge in [-0.3, -0.25) is 0 Å². The Bertz CT molecular complexity index is 484. The molecule has 0 aromatic carbocycles. The molecule has 19 heavy (non-hydrogen) atoms. The van der Waals surface area contributed by atoms with Gasteiger partial charge in [-0.1, -0.05) is 0 Å². The van der Waals surface area contributed by atoms with E-state index in [4.69, 9.17) is 4.42 Å². The first-order valence-corrected chi connectivity index (χ1v) is 7.65. The first kappa shape index (κ1) is 16.2. The molecule has 1 rings (SSSR count). The monoisotopic (exact) mass is 289 g/mol. The summed E-state index contributed by atoms with van der Waals surface area (Å²) in [6.07, 6.45) is 0.778. The van der Waals surface area contributed by atoms with E-state index >= 15 is 0 Å². The second-order valence-corrected chi connectivity index (χ2v) is 6.70. The lowest BCUT2D eigenvalue weighted by Crippen LogP contribution is -2.40. The molecule has 0 atom stereocenters. The fourth-order valence-electron chi connectivity index (χ4n) is 1.70.